The first-order chi connectivity index (χ1) is 10.5. The van der Waals surface area contributed by atoms with Crippen LogP contribution >= 0.6 is 0 Å². The van der Waals surface area contributed by atoms with Crippen LogP contribution in [-0.4, -0.2) is 25.7 Å². The number of non-ortho nitro benzene ring substituents is 1. The monoisotopic (exact) mass is 323 g/mol. The SMILES string of the molecule is O=[N+]([O-])c1ccc(OCCS(=O)(=O)Oc2ccccc2)cc1. The Hall–Kier alpha value is -2.61. The fraction of sp³-hybridized carbons (Fsp3) is 0.143. The molecule has 0 N–H and O–H groups in total. The van der Waals surface area contributed by atoms with Crippen molar-refractivity contribution in [2.24, 2.45) is 0 Å². The van der Waals surface area contributed by atoms with Crippen LogP contribution in [0.15, 0.2) is 54.6 Å². The molecule has 8 heteroatoms. The molecule has 0 atom stereocenters. The first-order valence-electron chi connectivity index (χ1n) is 6.31. The van der Waals surface area contributed by atoms with Crippen LogP contribution in [0.5, 0.6) is 11.5 Å². The van der Waals surface area contributed by atoms with Crippen molar-refractivity contribution in [2.45, 2.75) is 0 Å². The molecule has 0 aliphatic heterocycles. The van der Waals surface area contributed by atoms with Crippen molar-refractivity contribution in [1.82, 2.24) is 0 Å². The summed E-state index contributed by atoms with van der Waals surface area (Å²) in [7, 11) is -3.76. The van der Waals surface area contributed by atoms with E-state index in [2.05, 4.69) is 0 Å². The van der Waals surface area contributed by atoms with E-state index >= 15 is 0 Å². The third-order valence-corrected chi connectivity index (χ3v) is 3.73. The maximum Gasteiger partial charge on any atom is 0.312 e. The fourth-order valence-electron chi connectivity index (χ4n) is 1.59. The number of benzene rings is 2. The van der Waals surface area contributed by atoms with Crippen molar-refractivity contribution in [2.75, 3.05) is 12.4 Å². The highest BCUT2D eigenvalue weighted by molar-refractivity contribution is 7.87. The Morgan fingerprint density at radius 3 is 2.18 bits per heavy atom. The van der Waals surface area contributed by atoms with Gasteiger partial charge in [0.05, 0.1) is 4.92 Å². The van der Waals surface area contributed by atoms with E-state index in [1.807, 2.05) is 0 Å². The fourth-order valence-corrected chi connectivity index (χ4v) is 2.37. The summed E-state index contributed by atoms with van der Waals surface area (Å²) in [4.78, 5) is 9.97. The van der Waals surface area contributed by atoms with E-state index < -0.39 is 15.0 Å². The minimum absolute atomic E-state index is 0.0626. The van der Waals surface area contributed by atoms with Crippen LogP contribution in [0.2, 0.25) is 0 Å². The molecule has 0 radical (unpaired) electrons. The first kappa shape index (κ1) is 15.8. The molecule has 0 aliphatic rings. The van der Waals surface area contributed by atoms with Gasteiger partial charge in [-0.25, -0.2) is 0 Å². The molecule has 0 amide bonds. The number of hydrogen-bond acceptors (Lipinski definition) is 6. The molecular weight excluding hydrogens is 310 g/mol. The van der Waals surface area contributed by atoms with Gasteiger partial charge in [0.15, 0.2) is 0 Å². The predicted molar refractivity (Wildman–Crippen MR) is 79.4 cm³/mol. The van der Waals surface area contributed by atoms with Gasteiger partial charge in [-0.2, -0.15) is 8.42 Å². The predicted octanol–water partition coefficient (Wildman–Crippen LogP) is 2.38. The highest BCUT2D eigenvalue weighted by atomic mass is 32.2. The van der Waals surface area contributed by atoms with E-state index in [1.165, 1.54) is 36.4 Å². The zero-order valence-corrected chi connectivity index (χ0v) is 12.2. The zero-order chi connectivity index (χ0) is 16.0. The molecule has 0 saturated carbocycles. The Kier molecular flexibility index (Phi) is 4.95. The van der Waals surface area contributed by atoms with Crippen LogP contribution in [0, 0.1) is 10.1 Å². The van der Waals surface area contributed by atoms with E-state index in [4.69, 9.17) is 8.92 Å². The van der Waals surface area contributed by atoms with Crippen LogP contribution < -0.4 is 8.92 Å². The summed E-state index contributed by atoms with van der Waals surface area (Å²) in [6.07, 6.45) is 0. The Morgan fingerprint density at radius 2 is 1.59 bits per heavy atom. The van der Waals surface area contributed by atoms with Gasteiger partial charge in [-0.15, -0.1) is 0 Å². The van der Waals surface area contributed by atoms with Crippen molar-refractivity contribution in [3.63, 3.8) is 0 Å². The molecule has 2 aromatic rings. The number of rotatable bonds is 7. The second kappa shape index (κ2) is 6.90. The molecule has 116 valence electrons. The van der Waals surface area contributed by atoms with Crippen LogP contribution in [0.4, 0.5) is 5.69 Å². The lowest BCUT2D eigenvalue weighted by molar-refractivity contribution is -0.384. The van der Waals surface area contributed by atoms with Crippen molar-refractivity contribution in [1.29, 1.82) is 0 Å². The summed E-state index contributed by atoms with van der Waals surface area (Å²) in [5, 5.41) is 10.5. The van der Waals surface area contributed by atoms with Gasteiger partial charge >= 0.3 is 10.1 Å². The van der Waals surface area contributed by atoms with Gasteiger partial charge in [-0.05, 0) is 24.3 Å². The van der Waals surface area contributed by atoms with Crippen molar-refractivity contribution < 1.29 is 22.3 Å². The zero-order valence-electron chi connectivity index (χ0n) is 11.4. The molecule has 2 rings (SSSR count). The van der Waals surface area contributed by atoms with E-state index in [9.17, 15) is 18.5 Å². The smallest absolute Gasteiger partial charge is 0.312 e. The van der Waals surface area contributed by atoms with Gasteiger partial charge in [0.25, 0.3) is 5.69 Å². The average molecular weight is 323 g/mol. The summed E-state index contributed by atoms with van der Waals surface area (Å²) in [5.74, 6) is 0.247. The third-order valence-electron chi connectivity index (χ3n) is 2.62. The van der Waals surface area contributed by atoms with Gasteiger partial charge < -0.3 is 8.92 Å². The van der Waals surface area contributed by atoms with E-state index in [0.717, 1.165) is 0 Å². The van der Waals surface area contributed by atoms with Gasteiger partial charge in [0.1, 0.15) is 23.9 Å². The lowest BCUT2D eigenvalue weighted by Crippen LogP contribution is -2.19. The summed E-state index contributed by atoms with van der Waals surface area (Å²) < 4.78 is 33.6. The normalized spacial score (nSPS) is 10.9. The molecule has 0 saturated heterocycles. The third kappa shape index (κ3) is 4.74. The first-order valence-corrected chi connectivity index (χ1v) is 7.88. The second-order valence-corrected chi connectivity index (χ2v) is 5.95. The number of ether oxygens (including phenoxy) is 1. The Morgan fingerprint density at radius 1 is 0.955 bits per heavy atom. The van der Waals surface area contributed by atoms with E-state index in [-0.39, 0.29) is 23.8 Å². The Labute approximate surface area is 127 Å². The Bertz CT molecular complexity index is 728. The van der Waals surface area contributed by atoms with Crippen LogP contribution in [0.3, 0.4) is 0 Å². The maximum atomic E-state index is 11.7. The molecular formula is C14H13NO6S. The molecule has 0 aromatic heterocycles. The summed E-state index contributed by atoms with van der Waals surface area (Å²) in [5.41, 5.74) is -0.0626. The summed E-state index contributed by atoms with van der Waals surface area (Å²) in [6, 6.07) is 13.5. The second-order valence-electron chi connectivity index (χ2n) is 4.26. The molecule has 7 nitrogen and oxygen atoms in total. The minimum Gasteiger partial charge on any atom is -0.492 e. The van der Waals surface area contributed by atoms with Crippen molar-refractivity contribution in [3.05, 3.63) is 64.7 Å². The quantitative estimate of drug-likeness (QED) is 0.441. The van der Waals surface area contributed by atoms with Gasteiger partial charge in [-0.3, -0.25) is 10.1 Å². The molecule has 0 spiro atoms. The molecule has 0 heterocycles. The Balaban J connectivity index is 1.86. The lowest BCUT2D eigenvalue weighted by Gasteiger charge is -2.08. The van der Waals surface area contributed by atoms with Crippen molar-refractivity contribution in [3.8, 4) is 11.5 Å². The summed E-state index contributed by atoms with van der Waals surface area (Å²) in [6.45, 7) is -0.118. The van der Waals surface area contributed by atoms with Crippen LogP contribution in [0.25, 0.3) is 0 Å². The topological polar surface area (TPSA) is 95.7 Å². The van der Waals surface area contributed by atoms with Gasteiger partial charge in [0, 0.05) is 12.1 Å². The molecule has 0 bridgehead atoms. The maximum absolute atomic E-state index is 11.7. The highest BCUT2D eigenvalue weighted by Gasteiger charge is 2.13. The minimum atomic E-state index is -3.76. The van der Waals surface area contributed by atoms with E-state index in [0.29, 0.717) is 5.75 Å². The average Bonchev–Trinajstić information content (AvgIpc) is 2.48. The largest absolute Gasteiger partial charge is 0.492 e. The molecule has 0 unspecified atom stereocenters. The van der Waals surface area contributed by atoms with Crippen LogP contribution in [0.1, 0.15) is 0 Å². The molecule has 2 aromatic carbocycles. The number of hydrogen-bond donors (Lipinski definition) is 0. The van der Waals surface area contributed by atoms with Gasteiger partial charge in [-0.1, -0.05) is 18.2 Å². The van der Waals surface area contributed by atoms with Crippen LogP contribution in [-0.2, 0) is 10.1 Å². The van der Waals surface area contributed by atoms with Crippen molar-refractivity contribution >= 4 is 15.8 Å². The molecule has 0 fully saturated rings. The number of para-hydroxylation sites is 1. The summed E-state index contributed by atoms with van der Waals surface area (Å²) >= 11 is 0. The number of nitrogens with zero attached hydrogens (tertiary/aromatic N) is 1. The van der Waals surface area contributed by atoms with Gasteiger partial charge in [0.2, 0.25) is 0 Å². The number of nitro groups is 1. The number of nitro benzene ring substituents is 1. The lowest BCUT2D eigenvalue weighted by atomic mass is 10.3. The highest BCUT2D eigenvalue weighted by Crippen LogP contribution is 2.17. The standard InChI is InChI=1S/C14H13NO6S/c16-15(17)12-6-8-13(9-7-12)20-10-11-22(18,19)21-14-4-2-1-3-5-14/h1-9H,10-11H2. The molecule has 22 heavy (non-hydrogen) atoms. The molecule has 0 aliphatic carbocycles. The van der Waals surface area contributed by atoms with E-state index in [1.54, 1.807) is 18.2 Å².